The SMILES string of the molecule is CC(C)Oc1cc(CNC(=S)NCc2ccc(C(C)(C)C)cc2)ccc1NS(C)(=O)=O. The van der Waals surface area contributed by atoms with Crippen molar-refractivity contribution in [1.82, 2.24) is 10.6 Å². The van der Waals surface area contributed by atoms with Crippen LogP contribution in [0.2, 0.25) is 0 Å². The van der Waals surface area contributed by atoms with Gasteiger partial charge >= 0.3 is 0 Å². The summed E-state index contributed by atoms with van der Waals surface area (Å²) in [6.07, 6.45) is 1.03. The minimum atomic E-state index is -3.40. The highest BCUT2D eigenvalue weighted by molar-refractivity contribution is 7.92. The van der Waals surface area contributed by atoms with Crippen LogP contribution >= 0.6 is 12.2 Å². The van der Waals surface area contributed by atoms with Crippen molar-refractivity contribution in [3.8, 4) is 5.75 Å². The van der Waals surface area contributed by atoms with Crippen molar-refractivity contribution in [3.05, 3.63) is 59.2 Å². The summed E-state index contributed by atoms with van der Waals surface area (Å²) in [5.74, 6) is 0.484. The molecule has 0 aliphatic rings. The van der Waals surface area contributed by atoms with E-state index < -0.39 is 10.0 Å². The Morgan fingerprint density at radius 1 is 1.00 bits per heavy atom. The minimum absolute atomic E-state index is 0.0873. The molecule has 0 aliphatic carbocycles. The fraction of sp³-hybridized carbons (Fsp3) is 0.435. The normalized spacial score (nSPS) is 11.8. The van der Waals surface area contributed by atoms with Gasteiger partial charge in [0.05, 0.1) is 18.0 Å². The first kappa shape index (κ1) is 24.9. The van der Waals surface area contributed by atoms with Crippen molar-refractivity contribution in [2.45, 2.75) is 59.2 Å². The molecule has 2 aromatic carbocycles. The topological polar surface area (TPSA) is 79.5 Å². The van der Waals surface area contributed by atoms with Crippen molar-refractivity contribution in [2.24, 2.45) is 0 Å². The smallest absolute Gasteiger partial charge is 0.229 e. The third kappa shape index (κ3) is 8.75. The van der Waals surface area contributed by atoms with E-state index in [1.807, 2.05) is 26.0 Å². The first-order valence-electron chi connectivity index (χ1n) is 10.2. The van der Waals surface area contributed by atoms with E-state index in [0.717, 1.165) is 17.4 Å². The van der Waals surface area contributed by atoms with Crippen LogP contribution in [0.4, 0.5) is 5.69 Å². The fourth-order valence-corrected chi connectivity index (χ4v) is 3.57. The third-order valence-corrected chi connectivity index (χ3v) is 5.31. The average molecular weight is 464 g/mol. The number of hydrogen-bond acceptors (Lipinski definition) is 4. The second kappa shape index (κ2) is 10.3. The van der Waals surface area contributed by atoms with Gasteiger partial charge in [-0.3, -0.25) is 4.72 Å². The molecule has 0 unspecified atom stereocenters. The quantitative estimate of drug-likeness (QED) is 0.507. The molecule has 0 radical (unpaired) electrons. The Balaban J connectivity index is 1.94. The van der Waals surface area contributed by atoms with E-state index in [9.17, 15) is 8.42 Å². The second-order valence-corrected chi connectivity index (χ2v) is 11.0. The number of anilines is 1. The molecule has 0 aromatic heterocycles. The van der Waals surface area contributed by atoms with Gasteiger partial charge in [-0.05, 0) is 60.3 Å². The van der Waals surface area contributed by atoms with Crippen LogP contribution in [0.5, 0.6) is 5.75 Å². The summed E-state index contributed by atoms with van der Waals surface area (Å²) in [5.41, 5.74) is 3.92. The van der Waals surface area contributed by atoms with Crippen molar-refractivity contribution < 1.29 is 13.2 Å². The Morgan fingerprint density at radius 2 is 1.55 bits per heavy atom. The minimum Gasteiger partial charge on any atom is -0.489 e. The molecule has 3 N–H and O–H groups in total. The predicted molar refractivity (Wildman–Crippen MR) is 132 cm³/mol. The highest BCUT2D eigenvalue weighted by Crippen LogP contribution is 2.28. The van der Waals surface area contributed by atoms with Gasteiger partial charge in [0, 0.05) is 13.1 Å². The van der Waals surface area contributed by atoms with E-state index in [2.05, 4.69) is 60.4 Å². The molecule has 0 fully saturated rings. The van der Waals surface area contributed by atoms with E-state index in [1.165, 1.54) is 5.56 Å². The Labute approximate surface area is 191 Å². The van der Waals surface area contributed by atoms with Crippen LogP contribution in [0.15, 0.2) is 42.5 Å². The fourth-order valence-electron chi connectivity index (χ4n) is 2.86. The molecule has 2 aromatic rings. The summed E-state index contributed by atoms with van der Waals surface area (Å²) in [7, 11) is -3.40. The maximum absolute atomic E-state index is 11.6. The molecule has 0 bridgehead atoms. The summed E-state index contributed by atoms with van der Waals surface area (Å²) >= 11 is 5.39. The highest BCUT2D eigenvalue weighted by atomic mass is 32.2. The molecule has 0 amide bonds. The van der Waals surface area contributed by atoms with Crippen LogP contribution < -0.4 is 20.1 Å². The number of ether oxygens (including phenoxy) is 1. The van der Waals surface area contributed by atoms with Crippen molar-refractivity contribution >= 4 is 33.0 Å². The number of hydrogen-bond donors (Lipinski definition) is 3. The molecule has 0 saturated heterocycles. The molecule has 31 heavy (non-hydrogen) atoms. The van der Waals surface area contributed by atoms with E-state index >= 15 is 0 Å². The lowest BCUT2D eigenvalue weighted by Gasteiger charge is -2.19. The van der Waals surface area contributed by atoms with Gasteiger partial charge in [-0.1, -0.05) is 51.1 Å². The van der Waals surface area contributed by atoms with Gasteiger partial charge in [0.1, 0.15) is 5.75 Å². The van der Waals surface area contributed by atoms with Crippen LogP contribution in [0.1, 0.15) is 51.3 Å². The molecule has 170 valence electrons. The van der Waals surface area contributed by atoms with Gasteiger partial charge in [0.25, 0.3) is 0 Å². The molecule has 0 aliphatic heterocycles. The van der Waals surface area contributed by atoms with Gasteiger partial charge in [0.2, 0.25) is 10.0 Å². The largest absolute Gasteiger partial charge is 0.489 e. The van der Waals surface area contributed by atoms with Crippen LogP contribution in [0, 0.1) is 0 Å². The lowest BCUT2D eigenvalue weighted by molar-refractivity contribution is 0.243. The van der Waals surface area contributed by atoms with Gasteiger partial charge in [-0.25, -0.2) is 8.42 Å². The summed E-state index contributed by atoms with van der Waals surface area (Å²) in [5, 5.41) is 6.94. The van der Waals surface area contributed by atoms with Crippen LogP contribution in [-0.2, 0) is 28.5 Å². The number of nitrogens with one attached hydrogen (secondary N) is 3. The summed E-state index contributed by atoms with van der Waals surface area (Å²) in [6.45, 7) is 11.5. The highest BCUT2D eigenvalue weighted by Gasteiger charge is 2.13. The maximum Gasteiger partial charge on any atom is 0.229 e. The van der Waals surface area contributed by atoms with Crippen molar-refractivity contribution in [2.75, 3.05) is 11.0 Å². The number of benzene rings is 2. The van der Waals surface area contributed by atoms with Crippen molar-refractivity contribution in [3.63, 3.8) is 0 Å². The Bertz CT molecular complexity index is 996. The van der Waals surface area contributed by atoms with E-state index in [-0.39, 0.29) is 11.5 Å². The Morgan fingerprint density at radius 3 is 2.06 bits per heavy atom. The maximum atomic E-state index is 11.6. The van der Waals surface area contributed by atoms with Crippen LogP contribution in [0.25, 0.3) is 0 Å². The van der Waals surface area contributed by atoms with E-state index in [4.69, 9.17) is 17.0 Å². The molecule has 0 saturated carbocycles. The number of thiocarbonyl (C=S) groups is 1. The zero-order chi connectivity index (χ0) is 23.2. The summed E-state index contributed by atoms with van der Waals surface area (Å²) in [4.78, 5) is 0. The summed E-state index contributed by atoms with van der Waals surface area (Å²) in [6, 6.07) is 13.9. The Kier molecular flexibility index (Phi) is 8.31. The molecule has 0 heterocycles. The monoisotopic (exact) mass is 463 g/mol. The molecular weight excluding hydrogens is 430 g/mol. The molecule has 0 spiro atoms. The van der Waals surface area contributed by atoms with Crippen LogP contribution in [-0.4, -0.2) is 25.9 Å². The predicted octanol–water partition coefficient (Wildman–Crippen LogP) is 4.31. The van der Waals surface area contributed by atoms with Gasteiger partial charge in [0.15, 0.2) is 5.11 Å². The zero-order valence-corrected chi connectivity index (χ0v) is 20.7. The lowest BCUT2D eigenvalue weighted by Crippen LogP contribution is -2.34. The van der Waals surface area contributed by atoms with Gasteiger partial charge in [-0.2, -0.15) is 0 Å². The molecule has 6 nitrogen and oxygen atoms in total. The average Bonchev–Trinajstić information content (AvgIpc) is 2.64. The number of sulfonamides is 1. The molecular formula is C23H33N3O3S2. The standard InChI is InChI=1S/C23H33N3O3S2/c1-16(2)29-21-13-18(9-12-20(21)26-31(6,27)28)15-25-22(30)24-14-17-7-10-19(11-8-17)23(3,4)5/h7-13,16,26H,14-15H2,1-6H3,(H2,24,25,30). The third-order valence-electron chi connectivity index (χ3n) is 4.43. The number of rotatable bonds is 8. The molecule has 0 atom stereocenters. The Hall–Kier alpha value is -2.32. The summed E-state index contributed by atoms with van der Waals surface area (Å²) < 4.78 is 31.4. The zero-order valence-electron chi connectivity index (χ0n) is 19.1. The van der Waals surface area contributed by atoms with Gasteiger partial charge in [-0.15, -0.1) is 0 Å². The van der Waals surface area contributed by atoms with E-state index in [0.29, 0.717) is 29.6 Å². The molecule has 2 rings (SSSR count). The van der Waals surface area contributed by atoms with Crippen LogP contribution in [0.3, 0.4) is 0 Å². The van der Waals surface area contributed by atoms with E-state index in [1.54, 1.807) is 6.07 Å². The first-order chi connectivity index (χ1) is 14.3. The first-order valence-corrected chi connectivity index (χ1v) is 12.5. The second-order valence-electron chi connectivity index (χ2n) is 8.85. The lowest BCUT2D eigenvalue weighted by atomic mass is 9.87. The molecule has 8 heteroatoms. The van der Waals surface area contributed by atoms with Gasteiger partial charge < -0.3 is 15.4 Å². The van der Waals surface area contributed by atoms with Crippen molar-refractivity contribution in [1.29, 1.82) is 0 Å².